The predicted octanol–water partition coefficient (Wildman–Crippen LogP) is 2.14. The van der Waals surface area contributed by atoms with Crippen molar-refractivity contribution >= 4 is 30.5 Å². The number of fused-ring (bicyclic) bond motifs is 1. The number of aliphatic hydroxyl groups is 2. The number of esters is 1. The molecule has 0 aliphatic carbocycles. The van der Waals surface area contributed by atoms with Crippen LogP contribution in [0, 0.1) is 5.92 Å². The smallest absolute Gasteiger partial charge is 0.380 e. The lowest BCUT2D eigenvalue weighted by atomic mass is 9.95. The first kappa shape index (κ1) is 26.9. The molecule has 5 N–H and O–H groups in total. The van der Waals surface area contributed by atoms with Crippen molar-refractivity contribution in [3.05, 3.63) is 52.9 Å². The van der Waals surface area contributed by atoms with Crippen molar-refractivity contribution in [2.24, 2.45) is 5.92 Å². The maximum atomic E-state index is 14.4. The third kappa shape index (κ3) is 6.06. The maximum absolute atomic E-state index is 14.4. The van der Waals surface area contributed by atoms with E-state index in [4.69, 9.17) is 27.0 Å². The molecular weight excluding hydrogens is 550 g/mol. The van der Waals surface area contributed by atoms with Gasteiger partial charge < -0.3 is 34.5 Å². The average molecular weight is 585 g/mol. The molecule has 1 saturated heterocycles. The molecule has 2 aromatic heterocycles. The molecule has 2 unspecified atom stereocenters. The number of para-hydroxylation sites is 1. The van der Waals surface area contributed by atoms with E-state index in [1.54, 1.807) is 32.0 Å². The molecule has 1 aromatic carbocycles. The minimum atomic E-state index is -4.60. The highest BCUT2D eigenvalue weighted by Gasteiger charge is 2.57. The number of nitrogens with two attached hydrogens (primary N) is 1. The van der Waals surface area contributed by atoms with Crippen molar-refractivity contribution in [1.82, 2.24) is 14.5 Å². The number of aromatic amines is 1. The summed E-state index contributed by atoms with van der Waals surface area (Å²) in [4.78, 5) is 31.0. The van der Waals surface area contributed by atoms with Crippen LogP contribution in [0.25, 0.3) is 11.0 Å². The van der Waals surface area contributed by atoms with Gasteiger partial charge in [0, 0.05) is 6.20 Å². The van der Waals surface area contributed by atoms with Gasteiger partial charge in [0.25, 0.3) is 5.56 Å². The summed E-state index contributed by atoms with van der Waals surface area (Å²) in [5.41, 5.74) is 2.08. The first-order valence-electron chi connectivity index (χ1n) is 13.3. The summed E-state index contributed by atoms with van der Waals surface area (Å²) < 4.78 is 68.3. The Labute approximate surface area is 231 Å². The summed E-state index contributed by atoms with van der Waals surface area (Å²) in [6.07, 6.45) is -6.17. The SMILES string of the molecule is [2H]C([2H])(OP(=O)(C[C@@H](C)C(=O)OC(C)C)Oc1ccccc1)[C@H]1O[C@@H](n2ccc3c(=O)[nH]c(N)nc32)C(O)(CF)[C@H]1O. The van der Waals surface area contributed by atoms with Crippen LogP contribution in [0.5, 0.6) is 5.75 Å². The van der Waals surface area contributed by atoms with Crippen LogP contribution in [0.2, 0.25) is 0 Å². The van der Waals surface area contributed by atoms with E-state index in [-0.39, 0.29) is 22.7 Å². The Balaban J connectivity index is 1.68. The number of aliphatic hydroxyl groups excluding tert-OH is 1. The van der Waals surface area contributed by atoms with Gasteiger partial charge >= 0.3 is 13.6 Å². The summed E-state index contributed by atoms with van der Waals surface area (Å²) in [7, 11) is -4.60. The Kier molecular flexibility index (Phi) is 7.85. The molecule has 1 aliphatic rings. The number of ether oxygens (including phenoxy) is 2. The Bertz CT molecular complexity index is 1540. The van der Waals surface area contributed by atoms with Crippen molar-refractivity contribution in [3.8, 4) is 5.75 Å². The van der Waals surface area contributed by atoms with Crippen molar-refractivity contribution in [3.63, 3.8) is 0 Å². The Morgan fingerprint density at radius 3 is 2.70 bits per heavy atom. The van der Waals surface area contributed by atoms with Gasteiger partial charge in [-0.15, -0.1) is 0 Å². The van der Waals surface area contributed by atoms with Gasteiger partial charge in [-0.1, -0.05) is 25.1 Å². The number of alkyl halides is 1. The summed E-state index contributed by atoms with van der Waals surface area (Å²) >= 11 is 0. The molecule has 0 saturated carbocycles. The number of halogens is 1. The van der Waals surface area contributed by atoms with Gasteiger partial charge in [0.05, 0.1) is 32.9 Å². The molecule has 0 amide bonds. The molecule has 40 heavy (non-hydrogen) atoms. The second kappa shape index (κ2) is 11.7. The van der Waals surface area contributed by atoms with E-state index in [9.17, 15) is 28.8 Å². The number of hydrogen-bond donors (Lipinski definition) is 4. The number of benzene rings is 1. The van der Waals surface area contributed by atoms with Gasteiger partial charge in [-0.05, 0) is 32.0 Å². The van der Waals surface area contributed by atoms with Crippen LogP contribution < -0.4 is 15.8 Å². The lowest BCUT2D eigenvalue weighted by molar-refractivity contribution is -0.151. The number of nitrogen functional groups attached to an aromatic ring is 1. The van der Waals surface area contributed by atoms with E-state index in [1.165, 1.54) is 31.3 Å². The molecule has 3 aromatic rings. The summed E-state index contributed by atoms with van der Waals surface area (Å²) in [5.74, 6) is -2.09. The maximum Gasteiger partial charge on any atom is 0.380 e. The highest BCUT2D eigenvalue weighted by atomic mass is 31.2. The van der Waals surface area contributed by atoms with E-state index >= 15 is 0 Å². The quantitative estimate of drug-likeness (QED) is 0.191. The van der Waals surface area contributed by atoms with Crippen LogP contribution in [-0.2, 0) is 23.4 Å². The van der Waals surface area contributed by atoms with E-state index < -0.39 is 74.6 Å². The van der Waals surface area contributed by atoms with Crippen molar-refractivity contribution in [2.75, 3.05) is 25.1 Å². The Morgan fingerprint density at radius 2 is 2.05 bits per heavy atom. The van der Waals surface area contributed by atoms with E-state index in [2.05, 4.69) is 9.97 Å². The fourth-order valence-corrected chi connectivity index (χ4v) is 5.87. The van der Waals surface area contributed by atoms with Crippen molar-refractivity contribution < 1.29 is 45.2 Å². The molecule has 0 spiro atoms. The molecular formula is C25H32FN4O9P. The zero-order valence-corrected chi connectivity index (χ0v) is 22.8. The Morgan fingerprint density at radius 1 is 1.35 bits per heavy atom. The van der Waals surface area contributed by atoms with Crippen LogP contribution in [0.4, 0.5) is 10.3 Å². The first-order chi connectivity index (χ1) is 19.6. The number of anilines is 1. The third-order valence-electron chi connectivity index (χ3n) is 6.12. The fourth-order valence-electron chi connectivity index (χ4n) is 4.16. The van der Waals surface area contributed by atoms with Crippen molar-refractivity contribution in [2.45, 2.75) is 50.9 Å². The molecule has 4 rings (SSSR count). The van der Waals surface area contributed by atoms with Crippen LogP contribution in [0.3, 0.4) is 0 Å². The summed E-state index contributed by atoms with van der Waals surface area (Å²) in [5, 5.41) is 22.1. The molecule has 218 valence electrons. The standard InChI is InChI=1S/C25H32FN4O9P/c1-14(2)37-22(33)15(3)12-40(35,39-16-7-5-4-6-8-16)36-11-18-19(31)25(34,13-26)23(38-18)30-10-9-17-20(30)28-24(27)29-21(17)32/h4-10,14-15,18-19,23,31,34H,11-13H2,1-3H3,(H3,27,28,29,32)/t15-,18-,19+,23-,25?,40?/m1/s1/i11D2. The zero-order valence-electron chi connectivity index (χ0n) is 23.9. The largest absolute Gasteiger partial charge is 0.463 e. The molecule has 0 radical (unpaired) electrons. The molecule has 6 atom stereocenters. The predicted molar refractivity (Wildman–Crippen MR) is 141 cm³/mol. The van der Waals surface area contributed by atoms with E-state index in [1.807, 2.05) is 0 Å². The normalized spacial score (nSPS) is 26.2. The minimum absolute atomic E-state index is 0.00533. The van der Waals surface area contributed by atoms with Crippen LogP contribution >= 0.6 is 7.60 Å². The van der Waals surface area contributed by atoms with Gasteiger partial charge in [0.2, 0.25) is 5.95 Å². The van der Waals surface area contributed by atoms with E-state index in [0.717, 1.165) is 4.57 Å². The highest BCUT2D eigenvalue weighted by molar-refractivity contribution is 7.54. The lowest BCUT2D eigenvalue weighted by Gasteiger charge is -2.29. The number of H-pyrrole nitrogens is 1. The molecule has 13 nitrogen and oxygen atoms in total. The van der Waals surface area contributed by atoms with Gasteiger partial charge in [-0.2, -0.15) is 4.98 Å². The lowest BCUT2D eigenvalue weighted by Crippen LogP contribution is -2.49. The first-order valence-corrected chi connectivity index (χ1v) is 14.1. The summed E-state index contributed by atoms with van der Waals surface area (Å²) in [6, 6.07) is 8.93. The third-order valence-corrected chi connectivity index (χ3v) is 7.98. The molecule has 0 bridgehead atoms. The number of aromatic nitrogens is 3. The highest BCUT2D eigenvalue weighted by Crippen LogP contribution is 2.51. The van der Waals surface area contributed by atoms with Gasteiger partial charge in [0.15, 0.2) is 17.5 Å². The number of nitrogens with one attached hydrogen (secondary N) is 1. The fraction of sp³-hybridized carbons (Fsp3) is 0.480. The topological polar surface area (TPSA) is 188 Å². The number of carbonyl (C=O) groups is 1. The molecule has 1 fully saturated rings. The monoisotopic (exact) mass is 584 g/mol. The second-order valence-electron chi connectivity index (χ2n) is 9.68. The molecule has 15 heteroatoms. The van der Waals surface area contributed by atoms with Gasteiger partial charge in [0.1, 0.15) is 24.6 Å². The minimum Gasteiger partial charge on any atom is -0.463 e. The second-order valence-corrected chi connectivity index (χ2v) is 11.6. The number of rotatable bonds is 11. The van der Waals surface area contributed by atoms with Gasteiger partial charge in [-0.25, -0.2) is 8.96 Å². The number of hydrogen-bond acceptors (Lipinski definition) is 11. The van der Waals surface area contributed by atoms with Crippen LogP contribution in [-0.4, -0.2) is 74.0 Å². The zero-order chi connectivity index (χ0) is 31.0. The van der Waals surface area contributed by atoms with Crippen LogP contribution in [0.1, 0.15) is 29.7 Å². The summed E-state index contributed by atoms with van der Waals surface area (Å²) in [6.45, 7) is -0.193. The number of nitrogens with zero attached hydrogens (tertiary/aromatic N) is 2. The Hall–Kier alpha value is -3.29. The number of carbonyl (C=O) groups excluding carboxylic acids is 1. The van der Waals surface area contributed by atoms with E-state index in [0.29, 0.717) is 0 Å². The average Bonchev–Trinajstić information content (AvgIpc) is 3.42. The molecule has 1 aliphatic heterocycles. The molecule has 3 heterocycles. The van der Waals surface area contributed by atoms with Crippen molar-refractivity contribution in [1.29, 1.82) is 0 Å². The van der Waals surface area contributed by atoms with Crippen LogP contribution in [0.15, 0.2) is 47.4 Å². The van der Waals surface area contributed by atoms with Gasteiger partial charge in [-0.3, -0.25) is 19.1 Å².